The summed E-state index contributed by atoms with van der Waals surface area (Å²) in [5, 5.41) is 7.46. The van der Waals surface area contributed by atoms with Gasteiger partial charge in [0.25, 0.3) is 0 Å². The number of hydrogen-bond acceptors (Lipinski definition) is 3. The van der Waals surface area contributed by atoms with Crippen molar-refractivity contribution in [3.05, 3.63) is 52.2 Å². The van der Waals surface area contributed by atoms with Crippen molar-refractivity contribution in [1.29, 1.82) is 0 Å². The maximum atomic E-state index is 12.6. The summed E-state index contributed by atoms with van der Waals surface area (Å²) in [4.78, 5) is 24.9. The summed E-state index contributed by atoms with van der Waals surface area (Å²) in [6.07, 6.45) is 3.72. The summed E-state index contributed by atoms with van der Waals surface area (Å²) in [7, 11) is 0. The average molecular weight is 356 g/mol. The van der Waals surface area contributed by atoms with Gasteiger partial charge in [0.05, 0.1) is 5.92 Å². The van der Waals surface area contributed by atoms with Crippen LogP contribution in [0.1, 0.15) is 50.4 Å². The van der Waals surface area contributed by atoms with Gasteiger partial charge in [-0.05, 0) is 30.7 Å². The Bertz CT molecular complexity index is 792. The summed E-state index contributed by atoms with van der Waals surface area (Å²) >= 11 is 0. The molecule has 2 aromatic rings. The third kappa shape index (κ3) is 4.06. The van der Waals surface area contributed by atoms with Crippen LogP contribution in [0.5, 0.6) is 0 Å². The highest BCUT2D eigenvalue weighted by atomic mass is 16.2. The van der Waals surface area contributed by atoms with Crippen molar-refractivity contribution in [3.8, 4) is 0 Å². The van der Waals surface area contributed by atoms with Crippen molar-refractivity contribution in [2.24, 2.45) is 5.92 Å². The molecule has 6 heteroatoms. The number of fused-ring (bicyclic) bond motifs is 1. The second-order valence-electron chi connectivity index (χ2n) is 7.31. The van der Waals surface area contributed by atoms with E-state index in [9.17, 15) is 9.59 Å². The molecule has 1 N–H and O–H groups in total. The van der Waals surface area contributed by atoms with E-state index in [4.69, 9.17) is 0 Å². The Labute approximate surface area is 154 Å². The molecule has 0 saturated heterocycles. The van der Waals surface area contributed by atoms with E-state index in [1.165, 1.54) is 0 Å². The Kier molecular flexibility index (Phi) is 5.91. The largest absolute Gasteiger partial charge is 0.355 e. The van der Waals surface area contributed by atoms with Crippen LogP contribution in [0.25, 0.3) is 0 Å². The topological polar surface area (TPSA) is 68.9 Å². The lowest BCUT2D eigenvalue weighted by molar-refractivity contribution is -0.123. The molecule has 1 atom stereocenters. The van der Waals surface area contributed by atoms with Crippen molar-refractivity contribution >= 4 is 5.91 Å². The van der Waals surface area contributed by atoms with E-state index in [0.29, 0.717) is 19.5 Å². The summed E-state index contributed by atoms with van der Waals surface area (Å²) in [5.74, 6) is 1.01. The second kappa shape index (κ2) is 8.34. The monoisotopic (exact) mass is 356 g/mol. The number of aryl methyl sites for hydroxylation is 2. The molecular weight excluding hydrogens is 328 g/mol. The standard InChI is InChI=1S/C20H28N4O2/c1-15(2)18(16-9-4-3-5-10-16)19(25)21-12-8-14-24-20(26)23-13-7-6-11-17(23)22-24/h3-5,9-10,15,18H,6-8,11-14H2,1-2H3,(H,21,25). The molecule has 1 aliphatic heterocycles. The number of amides is 1. The fourth-order valence-electron chi connectivity index (χ4n) is 3.64. The minimum Gasteiger partial charge on any atom is -0.355 e. The first-order valence-corrected chi connectivity index (χ1v) is 9.57. The van der Waals surface area contributed by atoms with E-state index in [2.05, 4.69) is 24.3 Å². The molecule has 1 amide bonds. The lowest BCUT2D eigenvalue weighted by atomic mass is 9.87. The maximum Gasteiger partial charge on any atom is 0.345 e. The van der Waals surface area contributed by atoms with E-state index < -0.39 is 0 Å². The zero-order chi connectivity index (χ0) is 18.5. The third-order valence-electron chi connectivity index (χ3n) is 4.99. The number of hydrogen-bond donors (Lipinski definition) is 1. The molecule has 0 bridgehead atoms. The number of benzene rings is 1. The Hall–Kier alpha value is -2.37. The number of rotatable bonds is 7. The third-order valence-corrected chi connectivity index (χ3v) is 4.99. The number of carbonyl (C=O) groups excluding carboxylic acids is 1. The fraction of sp³-hybridized carbons (Fsp3) is 0.550. The molecule has 2 heterocycles. The van der Waals surface area contributed by atoms with Crippen LogP contribution in [-0.2, 0) is 24.3 Å². The van der Waals surface area contributed by atoms with Gasteiger partial charge in [-0.1, -0.05) is 44.2 Å². The van der Waals surface area contributed by atoms with Gasteiger partial charge in [0, 0.05) is 26.1 Å². The number of nitrogens with one attached hydrogen (secondary N) is 1. The van der Waals surface area contributed by atoms with Gasteiger partial charge in [0.1, 0.15) is 5.82 Å². The first-order chi connectivity index (χ1) is 12.6. The van der Waals surface area contributed by atoms with E-state index in [1.807, 2.05) is 30.3 Å². The molecule has 1 aromatic heterocycles. The molecule has 0 spiro atoms. The molecule has 0 fully saturated rings. The quantitative estimate of drug-likeness (QED) is 0.774. The van der Waals surface area contributed by atoms with Crippen LogP contribution in [0.2, 0.25) is 0 Å². The van der Waals surface area contributed by atoms with E-state index in [1.54, 1.807) is 9.25 Å². The summed E-state index contributed by atoms with van der Waals surface area (Å²) < 4.78 is 3.33. The molecule has 1 aromatic carbocycles. The van der Waals surface area contributed by atoms with Crippen molar-refractivity contribution in [2.45, 2.75) is 58.5 Å². The van der Waals surface area contributed by atoms with Gasteiger partial charge in [0.15, 0.2) is 0 Å². The minimum absolute atomic E-state index is 0.0182. The van der Waals surface area contributed by atoms with Crippen molar-refractivity contribution in [3.63, 3.8) is 0 Å². The molecule has 0 radical (unpaired) electrons. The predicted molar refractivity (Wildman–Crippen MR) is 101 cm³/mol. The lowest BCUT2D eigenvalue weighted by Crippen LogP contribution is -2.33. The number of aromatic nitrogens is 3. The summed E-state index contributed by atoms with van der Waals surface area (Å²) in [6, 6.07) is 9.88. The summed E-state index contributed by atoms with van der Waals surface area (Å²) in [6.45, 7) is 5.98. The molecule has 6 nitrogen and oxygen atoms in total. The zero-order valence-corrected chi connectivity index (χ0v) is 15.6. The van der Waals surface area contributed by atoms with Crippen LogP contribution in [0.4, 0.5) is 0 Å². The maximum absolute atomic E-state index is 12.6. The predicted octanol–water partition coefficient (Wildman–Crippen LogP) is 2.33. The highest BCUT2D eigenvalue weighted by Crippen LogP contribution is 2.24. The van der Waals surface area contributed by atoms with Gasteiger partial charge in [-0.25, -0.2) is 9.48 Å². The normalized spacial score (nSPS) is 14.9. The molecule has 26 heavy (non-hydrogen) atoms. The summed E-state index contributed by atoms with van der Waals surface area (Å²) in [5.41, 5.74) is 1.02. The SMILES string of the molecule is CC(C)C(C(=O)NCCCn1nc2n(c1=O)CCCC2)c1ccccc1. The number of carbonyl (C=O) groups is 1. The minimum atomic E-state index is -0.154. The number of nitrogens with zero attached hydrogens (tertiary/aromatic N) is 3. The Morgan fingerprint density at radius 2 is 2.00 bits per heavy atom. The van der Waals surface area contributed by atoms with Crippen molar-refractivity contribution in [2.75, 3.05) is 6.54 Å². The highest BCUT2D eigenvalue weighted by molar-refractivity contribution is 5.83. The van der Waals surface area contributed by atoms with E-state index >= 15 is 0 Å². The van der Waals surface area contributed by atoms with Gasteiger partial charge < -0.3 is 5.32 Å². The smallest absolute Gasteiger partial charge is 0.345 e. The van der Waals surface area contributed by atoms with Crippen LogP contribution in [0, 0.1) is 5.92 Å². The van der Waals surface area contributed by atoms with Crippen LogP contribution >= 0.6 is 0 Å². The van der Waals surface area contributed by atoms with Crippen LogP contribution < -0.4 is 11.0 Å². The first-order valence-electron chi connectivity index (χ1n) is 9.57. The molecule has 1 aliphatic rings. The van der Waals surface area contributed by atoms with Crippen LogP contribution in [0.3, 0.4) is 0 Å². The van der Waals surface area contributed by atoms with Crippen LogP contribution in [0.15, 0.2) is 35.1 Å². The lowest BCUT2D eigenvalue weighted by Gasteiger charge is -2.20. The first kappa shape index (κ1) is 18.4. The second-order valence-corrected chi connectivity index (χ2v) is 7.31. The molecular formula is C20H28N4O2. The van der Waals surface area contributed by atoms with Gasteiger partial charge >= 0.3 is 5.69 Å². The van der Waals surface area contributed by atoms with E-state index in [0.717, 1.165) is 37.2 Å². The van der Waals surface area contributed by atoms with Gasteiger partial charge in [-0.2, -0.15) is 5.10 Å². The Balaban J connectivity index is 1.54. The fourth-order valence-corrected chi connectivity index (χ4v) is 3.64. The highest BCUT2D eigenvalue weighted by Gasteiger charge is 2.23. The zero-order valence-electron chi connectivity index (χ0n) is 15.6. The average Bonchev–Trinajstić information content (AvgIpc) is 2.96. The Morgan fingerprint density at radius 1 is 1.23 bits per heavy atom. The van der Waals surface area contributed by atoms with Gasteiger partial charge in [0.2, 0.25) is 5.91 Å². The van der Waals surface area contributed by atoms with Crippen molar-refractivity contribution < 1.29 is 4.79 Å². The molecule has 0 saturated carbocycles. The van der Waals surface area contributed by atoms with Crippen molar-refractivity contribution in [1.82, 2.24) is 19.7 Å². The van der Waals surface area contributed by atoms with Crippen LogP contribution in [-0.4, -0.2) is 26.8 Å². The van der Waals surface area contributed by atoms with Gasteiger partial charge in [-0.3, -0.25) is 9.36 Å². The molecule has 140 valence electrons. The van der Waals surface area contributed by atoms with E-state index in [-0.39, 0.29) is 23.4 Å². The Morgan fingerprint density at radius 3 is 2.69 bits per heavy atom. The molecule has 3 rings (SSSR count). The molecule has 1 unspecified atom stereocenters. The van der Waals surface area contributed by atoms with Gasteiger partial charge in [-0.15, -0.1) is 0 Å². The molecule has 0 aliphatic carbocycles.